The molecule has 0 amide bonds. The Balaban J connectivity index is 2.62. The van der Waals surface area contributed by atoms with Crippen LogP contribution in [0.1, 0.15) is 25.0 Å². The minimum atomic E-state index is 0.168. The third kappa shape index (κ3) is 2.85. The van der Waals surface area contributed by atoms with Crippen LogP contribution in [0, 0.1) is 12.8 Å². The van der Waals surface area contributed by atoms with Gasteiger partial charge in [-0.25, -0.2) is 4.98 Å². The minimum Gasteiger partial charge on any atom is -0.298 e. The van der Waals surface area contributed by atoms with E-state index in [0.29, 0.717) is 5.15 Å². The molecule has 0 saturated carbocycles. The fourth-order valence-corrected chi connectivity index (χ4v) is 2.15. The summed E-state index contributed by atoms with van der Waals surface area (Å²) in [6, 6.07) is 7.97. The highest BCUT2D eigenvalue weighted by Crippen LogP contribution is 2.25. The van der Waals surface area contributed by atoms with Crippen molar-refractivity contribution in [2.75, 3.05) is 0 Å². The van der Waals surface area contributed by atoms with E-state index in [9.17, 15) is 4.79 Å². The molecular weight excluding hydrogens is 258 g/mol. The van der Waals surface area contributed by atoms with E-state index in [1.807, 2.05) is 51.1 Å². The Morgan fingerprint density at radius 1 is 1.37 bits per heavy atom. The highest BCUT2D eigenvalue weighted by molar-refractivity contribution is 6.31. The highest BCUT2D eigenvalue weighted by Gasteiger charge is 2.08. The Labute approximate surface area is 118 Å². The van der Waals surface area contributed by atoms with Crippen molar-refractivity contribution in [1.29, 1.82) is 0 Å². The zero-order chi connectivity index (χ0) is 14.0. The molecule has 0 bridgehead atoms. The smallest absolute Gasteiger partial charge is 0.146 e. The number of hydrogen-bond donors (Lipinski definition) is 0. The van der Waals surface area contributed by atoms with Crippen molar-refractivity contribution in [1.82, 2.24) is 4.98 Å². The largest absolute Gasteiger partial charge is 0.298 e. The van der Waals surface area contributed by atoms with E-state index in [1.165, 1.54) is 0 Å². The third-order valence-electron chi connectivity index (χ3n) is 3.15. The molecule has 2 rings (SSSR count). The van der Waals surface area contributed by atoms with Gasteiger partial charge in [0.2, 0.25) is 0 Å². The summed E-state index contributed by atoms with van der Waals surface area (Å²) < 4.78 is 0. The van der Waals surface area contributed by atoms with Gasteiger partial charge in [-0.2, -0.15) is 0 Å². The van der Waals surface area contributed by atoms with Crippen LogP contribution in [0.2, 0.25) is 5.15 Å². The van der Waals surface area contributed by atoms with E-state index in [4.69, 9.17) is 11.6 Å². The van der Waals surface area contributed by atoms with Gasteiger partial charge in [0.05, 0.1) is 5.52 Å². The van der Waals surface area contributed by atoms with E-state index in [1.54, 1.807) is 0 Å². The predicted molar refractivity (Wildman–Crippen MR) is 80.4 cm³/mol. The lowest BCUT2D eigenvalue weighted by Crippen LogP contribution is -1.96. The molecule has 0 fully saturated rings. The monoisotopic (exact) mass is 273 g/mol. The number of carbonyl (C=O) groups is 1. The Morgan fingerprint density at radius 2 is 2.11 bits per heavy atom. The number of fused-ring (bicyclic) bond motifs is 1. The maximum Gasteiger partial charge on any atom is 0.146 e. The van der Waals surface area contributed by atoms with Crippen LogP contribution in [0.25, 0.3) is 17.0 Å². The first-order valence-corrected chi connectivity index (χ1v) is 6.63. The van der Waals surface area contributed by atoms with Crippen LogP contribution < -0.4 is 0 Å². The molecule has 0 spiro atoms. The Bertz CT molecular complexity index is 659. The van der Waals surface area contributed by atoms with E-state index in [0.717, 1.165) is 33.9 Å². The lowest BCUT2D eigenvalue weighted by atomic mass is 10.0. The fourth-order valence-electron chi connectivity index (χ4n) is 1.96. The number of carbonyl (C=O) groups excluding carboxylic acids is 1. The van der Waals surface area contributed by atoms with Crippen LogP contribution in [0.4, 0.5) is 0 Å². The predicted octanol–water partition coefficient (Wildman–Crippen LogP) is 4.43. The number of benzene rings is 1. The maximum atomic E-state index is 11.0. The van der Waals surface area contributed by atoms with Crippen molar-refractivity contribution in [2.24, 2.45) is 5.92 Å². The van der Waals surface area contributed by atoms with Crippen molar-refractivity contribution in [3.8, 4) is 0 Å². The van der Waals surface area contributed by atoms with Gasteiger partial charge in [-0.3, -0.25) is 4.79 Å². The van der Waals surface area contributed by atoms with Gasteiger partial charge < -0.3 is 0 Å². The van der Waals surface area contributed by atoms with Crippen LogP contribution in [-0.4, -0.2) is 11.3 Å². The molecule has 98 valence electrons. The molecule has 19 heavy (non-hydrogen) atoms. The van der Waals surface area contributed by atoms with Crippen LogP contribution in [0.5, 0.6) is 0 Å². The second-order valence-electron chi connectivity index (χ2n) is 4.93. The van der Waals surface area contributed by atoms with Gasteiger partial charge in [0.15, 0.2) is 0 Å². The van der Waals surface area contributed by atoms with Crippen LogP contribution in [-0.2, 0) is 4.79 Å². The lowest BCUT2D eigenvalue weighted by molar-refractivity contribution is -0.105. The normalized spacial score (nSPS) is 12.2. The van der Waals surface area contributed by atoms with Crippen molar-refractivity contribution >= 4 is 34.9 Å². The third-order valence-corrected chi connectivity index (χ3v) is 3.46. The van der Waals surface area contributed by atoms with E-state index < -0.39 is 0 Å². The molecule has 3 heteroatoms. The summed E-state index contributed by atoms with van der Waals surface area (Å²) in [6.45, 7) is 5.96. The molecule has 2 aromatic rings. The van der Waals surface area contributed by atoms with E-state index in [-0.39, 0.29) is 5.92 Å². The summed E-state index contributed by atoms with van der Waals surface area (Å²) in [7, 11) is 0. The number of nitrogens with zero attached hydrogens (tertiary/aromatic N) is 1. The summed E-state index contributed by atoms with van der Waals surface area (Å²) in [5.74, 6) is 0.168. The molecule has 0 aliphatic carbocycles. The highest BCUT2D eigenvalue weighted by atomic mass is 35.5. The van der Waals surface area contributed by atoms with Crippen molar-refractivity contribution in [2.45, 2.75) is 20.8 Å². The van der Waals surface area contributed by atoms with Gasteiger partial charge in [-0.15, -0.1) is 0 Å². The summed E-state index contributed by atoms with van der Waals surface area (Å²) in [6.07, 6.45) is 2.69. The number of halogens is 1. The second-order valence-corrected chi connectivity index (χ2v) is 5.29. The SMILES string of the molecule is Cc1cccc2cc(C=C(C=O)C(C)C)c(Cl)nc12. The van der Waals surface area contributed by atoms with Crippen molar-refractivity contribution < 1.29 is 4.79 Å². The van der Waals surface area contributed by atoms with Gasteiger partial charge in [-0.05, 0) is 36.1 Å². The standard InChI is InChI=1S/C16H16ClNO/c1-10(2)14(9-19)8-13-7-12-6-4-5-11(3)15(12)18-16(13)17/h4-10H,1-3H3. The van der Waals surface area contributed by atoms with Gasteiger partial charge in [0.1, 0.15) is 11.4 Å². The quantitative estimate of drug-likeness (QED) is 0.470. The van der Waals surface area contributed by atoms with Crippen LogP contribution in [0.15, 0.2) is 29.8 Å². The molecule has 0 atom stereocenters. The molecule has 1 heterocycles. The maximum absolute atomic E-state index is 11.0. The topological polar surface area (TPSA) is 30.0 Å². The van der Waals surface area contributed by atoms with Gasteiger partial charge in [-0.1, -0.05) is 43.6 Å². The average Bonchev–Trinajstić information content (AvgIpc) is 2.37. The number of aldehydes is 1. The molecule has 1 aromatic heterocycles. The molecule has 0 radical (unpaired) electrons. The number of pyridine rings is 1. The van der Waals surface area contributed by atoms with E-state index in [2.05, 4.69) is 4.98 Å². The van der Waals surface area contributed by atoms with Crippen molar-refractivity contribution in [3.05, 3.63) is 46.1 Å². The summed E-state index contributed by atoms with van der Waals surface area (Å²) in [5.41, 5.74) is 3.50. The Hall–Kier alpha value is -1.67. The average molecular weight is 274 g/mol. The second kappa shape index (κ2) is 5.54. The van der Waals surface area contributed by atoms with Gasteiger partial charge >= 0.3 is 0 Å². The number of allylic oxidation sites excluding steroid dienone is 1. The lowest BCUT2D eigenvalue weighted by Gasteiger charge is -2.07. The number of aryl methyl sites for hydroxylation is 1. The molecule has 0 aliphatic rings. The number of aromatic nitrogens is 1. The molecule has 0 aliphatic heterocycles. The molecule has 0 unspecified atom stereocenters. The first-order valence-electron chi connectivity index (χ1n) is 6.25. The van der Waals surface area contributed by atoms with Gasteiger partial charge in [0, 0.05) is 10.9 Å². The van der Waals surface area contributed by atoms with Gasteiger partial charge in [0.25, 0.3) is 0 Å². The zero-order valence-electron chi connectivity index (χ0n) is 11.3. The first kappa shape index (κ1) is 13.8. The summed E-state index contributed by atoms with van der Waals surface area (Å²) in [4.78, 5) is 15.5. The van der Waals surface area contributed by atoms with E-state index >= 15 is 0 Å². The summed E-state index contributed by atoms with van der Waals surface area (Å²) in [5, 5.41) is 1.46. The van der Waals surface area contributed by atoms with Crippen LogP contribution >= 0.6 is 11.6 Å². The fraction of sp³-hybridized carbons (Fsp3) is 0.250. The Morgan fingerprint density at radius 3 is 2.74 bits per heavy atom. The number of rotatable bonds is 3. The zero-order valence-corrected chi connectivity index (χ0v) is 12.0. The Kier molecular flexibility index (Phi) is 4.01. The molecule has 2 nitrogen and oxygen atoms in total. The molecule has 0 N–H and O–H groups in total. The number of hydrogen-bond acceptors (Lipinski definition) is 2. The number of para-hydroxylation sites is 1. The minimum absolute atomic E-state index is 0.168. The first-order chi connectivity index (χ1) is 9.02. The molecular formula is C16H16ClNO. The van der Waals surface area contributed by atoms with Crippen molar-refractivity contribution in [3.63, 3.8) is 0 Å². The van der Waals surface area contributed by atoms with Crippen LogP contribution in [0.3, 0.4) is 0 Å². The summed E-state index contributed by atoms with van der Waals surface area (Å²) >= 11 is 6.21. The molecule has 1 aromatic carbocycles. The molecule has 0 saturated heterocycles.